The summed E-state index contributed by atoms with van der Waals surface area (Å²) in [5, 5.41) is 2.83. The number of carbonyl (C=O) groups is 1. The molecule has 2 rings (SSSR count). The minimum atomic E-state index is -0.615. The Bertz CT molecular complexity index is 628. The van der Waals surface area contributed by atoms with Crippen molar-refractivity contribution in [2.45, 2.75) is 20.0 Å². The monoisotopic (exact) mass is 363 g/mol. The molecule has 4 nitrogen and oxygen atoms in total. The Kier molecular flexibility index (Phi) is 5.83. The summed E-state index contributed by atoms with van der Waals surface area (Å²) >= 11 is 3.36. The second-order valence-electron chi connectivity index (χ2n) is 4.63. The number of anilines is 1. The van der Waals surface area contributed by atoms with Gasteiger partial charge in [0.25, 0.3) is 5.91 Å². The topological polar surface area (TPSA) is 47.6 Å². The van der Waals surface area contributed by atoms with Crippen molar-refractivity contribution in [1.82, 2.24) is 0 Å². The molecule has 0 aliphatic rings. The molecule has 0 radical (unpaired) electrons. The van der Waals surface area contributed by atoms with Crippen LogP contribution in [0.5, 0.6) is 11.5 Å². The fourth-order valence-electron chi connectivity index (χ4n) is 1.86. The third kappa shape index (κ3) is 4.49. The van der Waals surface area contributed by atoms with Crippen LogP contribution in [0.4, 0.5) is 5.69 Å². The Morgan fingerprint density at radius 3 is 2.55 bits per heavy atom. The third-order valence-electron chi connectivity index (χ3n) is 2.94. The highest BCUT2D eigenvalue weighted by atomic mass is 79.9. The maximum absolute atomic E-state index is 12.2. The number of para-hydroxylation sites is 2. The van der Waals surface area contributed by atoms with Crippen LogP contribution in [0.3, 0.4) is 0 Å². The predicted octanol–water partition coefficient (Wildman–Crippen LogP) is 4.25. The summed E-state index contributed by atoms with van der Waals surface area (Å²) in [5.41, 5.74) is 0.639. The van der Waals surface area contributed by atoms with E-state index in [0.29, 0.717) is 23.8 Å². The number of amides is 1. The third-order valence-corrected chi connectivity index (χ3v) is 3.47. The van der Waals surface area contributed by atoms with Crippen molar-refractivity contribution >= 4 is 27.5 Å². The van der Waals surface area contributed by atoms with Gasteiger partial charge in [-0.15, -0.1) is 0 Å². The molecule has 2 aromatic carbocycles. The van der Waals surface area contributed by atoms with Gasteiger partial charge in [-0.05, 0) is 50.2 Å². The second-order valence-corrected chi connectivity index (χ2v) is 5.55. The van der Waals surface area contributed by atoms with Crippen LogP contribution in [-0.2, 0) is 4.79 Å². The maximum Gasteiger partial charge on any atom is 0.265 e. The first-order valence-corrected chi connectivity index (χ1v) is 7.84. The normalized spacial score (nSPS) is 11.6. The first-order chi connectivity index (χ1) is 10.6. The number of benzene rings is 2. The predicted molar refractivity (Wildman–Crippen MR) is 90.5 cm³/mol. The summed E-state index contributed by atoms with van der Waals surface area (Å²) in [7, 11) is 0. The number of hydrogen-bond donors (Lipinski definition) is 1. The van der Waals surface area contributed by atoms with Gasteiger partial charge in [-0.3, -0.25) is 4.79 Å². The number of hydrogen-bond acceptors (Lipinski definition) is 3. The molecule has 0 aliphatic carbocycles. The summed E-state index contributed by atoms with van der Waals surface area (Å²) in [5.74, 6) is 1.06. The van der Waals surface area contributed by atoms with Gasteiger partial charge in [-0.1, -0.05) is 28.1 Å². The highest BCUT2D eigenvalue weighted by Gasteiger charge is 2.16. The van der Waals surface area contributed by atoms with Crippen LogP contribution in [-0.4, -0.2) is 18.6 Å². The van der Waals surface area contributed by atoms with Gasteiger partial charge in [0.15, 0.2) is 6.10 Å². The summed E-state index contributed by atoms with van der Waals surface area (Å²) in [6.45, 7) is 4.15. The van der Waals surface area contributed by atoms with Crippen LogP contribution in [0.15, 0.2) is 53.0 Å². The van der Waals surface area contributed by atoms with E-state index in [2.05, 4.69) is 21.2 Å². The lowest BCUT2D eigenvalue weighted by atomic mass is 10.2. The minimum Gasteiger partial charge on any atom is -0.492 e. The summed E-state index contributed by atoms with van der Waals surface area (Å²) in [6.07, 6.45) is -0.615. The van der Waals surface area contributed by atoms with E-state index in [1.807, 2.05) is 49.4 Å². The van der Waals surface area contributed by atoms with Crippen molar-refractivity contribution in [3.05, 3.63) is 53.0 Å². The molecule has 0 fully saturated rings. The minimum absolute atomic E-state index is 0.227. The molecule has 0 saturated carbocycles. The highest BCUT2D eigenvalue weighted by Crippen LogP contribution is 2.24. The fourth-order valence-corrected chi connectivity index (χ4v) is 2.12. The molecule has 116 valence electrons. The van der Waals surface area contributed by atoms with Crippen LogP contribution >= 0.6 is 15.9 Å². The SMILES string of the molecule is CCOc1ccccc1NC(=O)[C@H](C)Oc1ccc(Br)cc1. The van der Waals surface area contributed by atoms with Gasteiger partial charge in [0.05, 0.1) is 12.3 Å². The molecule has 1 N–H and O–H groups in total. The average Bonchev–Trinajstić information content (AvgIpc) is 2.51. The van der Waals surface area contributed by atoms with Crippen molar-refractivity contribution in [2.75, 3.05) is 11.9 Å². The van der Waals surface area contributed by atoms with Gasteiger partial charge < -0.3 is 14.8 Å². The molecule has 1 atom stereocenters. The molecule has 0 bridgehead atoms. The van der Waals surface area contributed by atoms with Gasteiger partial charge in [-0.2, -0.15) is 0 Å². The van der Waals surface area contributed by atoms with Crippen molar-refractivity contribution in [3.8, 4) is 11.5 Å². The molecular formula is C17H18BrNO3. The molecule has 1 amide bonds. The first kappa shape index (κ1) is 16.4. The van der Waals surface area contributed by atoms with Crippen LogP contribution in [0, 0.1) is 0 Å². The molecule has 2 aromatic rings. The van der Waals surface area contributed by atoms with Crippen molar-refractivity contribution in [2.24, 2.45) is 0 Å². The first-order valence-electron chi connectivity index (χ1n) is 7.05. The lowest BCUT2D eigenvalue weighted by molar-refractivity contribution is -0.122. The molecule has 0 spiro atoms. The molecule has 0 aromatic heterocycles. The van der Waals surface area contributed by atoms with Gasteiger partial charge in [0.1, 0.15) is 11.5 Å². The second kappa shape index (κ2) is 7.84. The van der Waals surface area contributed by atoms with E-state index in [9.17, 15) is 4.79 Å². The van der Waals surface area contributed by atoms with E-state index < -0.39 is 6.10 Å². The molecule has 0 unspecified atom stereocenters. The Balaban J connectivity index is 2.01. The Hall–Kier alpha value is -2.01. The van der Waals surface area contributed by atoms with Crippen molar-refractivity contribution in [3.63, 3.8) is 0 Å². The van der Waals surface area contributed by atoms with Crippen molar-refractivity contribution in [1.29, 1.82) is 0 Å². The zero-order valence-corrected chi connectivity index (χ0v) is 14.1. The quantitative estimate of drug-likeness (QED) is 0.834. The standard InChI is InChI=1S/C17H18BrNO3/c1-3-21-16-7-5-4-6-15(16)19-17(20)12(2)22-14-10-8-13(18)9-11-14/h4-12H,3H2,1-2H3,(H,19,20)/t12-/m0/s1. The zero-order valence-electron chi connectivity index (χ0n) is 12.5. The van der Waals surface area contributed by atoms with E-state index in [0.717, 1.165) is 4.47 Å². The number of carbonyl (C=O) groups excluding carboxylic acids is 1. The largest absolute Gasteiger partial charge is 0.492 e. The van der Waals surface area contributed by atoms with Gasteiger partial charge in [0, 0.05) is 4.47 Å². The van der Waals surface area contributed by atoms with Crippen LogP contribution in [0.25, 0.3) is 0 Å². The van der Waals surface area contributed by atoms with Crippen LogP contribution < -0.4 is 14.8 Å². The fraction of sp³-hybridized carbons (Fsp3) is 0.235. The Labute approximate surface area is 138 Å². The van der Waals surface area contributed by atoms with E-state index in [4.69, 9.17) is 9.47 Å². The van der Waals surface area contributed by atoms with E-state index in [1.54, 1.807) is 13.0 Å². The number of rotatable bonds is 6. The summed E-state index contributed by atoms with van der Waals surface area (Å²) in [4.78, 5) is 12.2. The number of ether oxygens (including phenoxy) is 2. The van der Waals surface area contributed by atoms with Crippen LogP contribution in [0.1, 0.15) is 13.8 Å². The maximum atomic E-state index is 12.2. The molecule has 0 heterocycles. The van der Waals surface area contributed by atoms with Gasteiger partial charge >= 0.3 is 0 Å². The van der Waals surface area contributed by atoms with E-state index in [1.165, 1.54) is 0 Å². The Morgan fingerprint density at radius 1 is 1.18 bits per heavy atom. The zero-order chi connectivity index (χ0) is 15.9. The van der Waals surface area contributed by atoms with E-state index in [-0.39, 0.29) is 5.91 Å². The van der Waals surface area contributed by atoms with Gasteiger partial charge in [-0.25, -0.2) is 0 Å². The molecule has 5 heteroatoms. The number of nitrogens with one attached hydrogen (secondary N) is 1. The highest BCUT2D eigenvalue weighted by molar-refractivity contribution is 9.10. The summed E-state index contributed by atoms with van der Waals surface area (Å²) in [6, 6.07) is 14.7. The lowest BCUT2D eigenvalue weighted by Crippen LogP contribution is -2.30. The summed E-state index contributed by atoms with van der Waals surface area (Å²) < 4.78 is 12.1. The Morgan fingerprint density at radius 2 is 1.86 bits per heavy atom. The van der Waals surface area contributed by atoms with E-state index >= 15 is 0 Å². The molecule has 22 heavy (non-hydrogen) atoms. The smallest absolute Gasteiger partial charge is 0.265 e. The molecule has 0 aliphatic heterocycles. The molecular weight excluding hydrogens is 346 g/mol. The van der Waals surface area contributed by atoms with Crippen LogP contribution in [0.2, 0.25) is 0 Å². The number of halogens is 1. The lowest BCUT2D eigenvalue weighted by Gasteiger charge is -2.16. The molecule has 0 saturated heterocycles. The average molecular weight is 364 g/mol. The van der Waals surface area contributed by atoms with Crippen molar-refractivity contribution < 1.29 is 14.3 Å². The van der Waals surface area contributed by atoms with Gasteiger partial charge in [0.2, 0.25) is 0 Å².